The number of hydrogen-bond acceptors (Lipinski definition) is 6. The van der Waals surface area contributed by atoms with Gasteiger partial charge in [0, 0.05) is 25.5 Å². The zero-order valence-electron chi connectivity index (χ0n) is 16.3. The van der Waals surface area contributed by atoms with E-state index in [1.807, 2.05) is 0 Å². The molecule has 0 spiro atoms. The molecule has 0 aliphatic heterocycles. The highest BCUT2D eigenvalue weighted by molar-refractivity contribution is 7.92. The molecule has 1 aromatic carbocycles. The Labute approximate surface area is 169 Å². The normalized spacial score (nSPS) is 11.3. The van der Waals surface area contributed by atoms with Crippen molar-refractivity contribution in [1.82, 2.24) is 9.97 Å². The minimum atomic E-state index is -3.33. The Morgan fingerprint density at radius 1 is 1.03 bits per heavy atom. The second kappa shape index (κ2) is 8.40. The SMILES string of the molecule is CC(C)S(=O)(=O)c1ccc(Oc2ccc(C(=O)N(C)c3cccnc3)cn2)cc1. The molecule has 3 rings (SSSR count). The predicted molar refractivity (Wildman–Crippen MR) is 110 cm³/mol. The van der Waals surface area contributed by atoms with Gasteiger partial charge in [-0.25, -0.2) is 13.4 Å². The Kier molecular flexibility index (Phi) is 5.93. The lowest BCUT2D eigenvalue weighted by molar-refractivity contribution is 0.0992. The van der Waals surface area contributed by atoms with Gasteiger partial charge in [0.05, 0.1) is 27.6 Å². The van der Waals surface area contributed by atoms with Gasteiger partial charge in [-0.15, -0.1) is 0 Å². The third-order valence-electron chi connectivity index (χ3n) is 4.32. The van der Waals surface area contributed by atoms with Gasteiger partial charge < -0.3 is 9.64 Å². The van der Waals surface area contributed by atoms with E-state index in [0.29, 0.717) is 22.9 Å². The molecule has 3 aromatic rings. The van der Waals surface area contributed by atoms with Crippen LogP contribution in [0.1, 0.15) is 24.2 Å². The van der Waals surface area contributed by atoms with Gasteiger partial charge in [0.1, 0.15) is 5.75 Å². The van der Waals surface area contributed by atoms with Crippen molar-refractivity contribution in [2.75, 3.05) is 11.9 Å². The summed E-state index contributed by atoms with van der Waals surface area (Å²) in [6.07, 6.45) is 4.67. The Hall–Kier alpha value is -3.26. The van der Waals surface area contributed by atoms with Crippen LogP contribution in [0.3, 0.4) is 0 Å². The Morgan fingerprint density at radius 3 is 2.31 bits per heavy atom. The van der Waals surface area contributed by atoms with E-state index in [4.69, 9.17) is 4.74 Å². The van der Waals surface area contributed by atoms with Crippen LogP contribution in [-0.2, 0) is 9.84 Å². The van der Waals surface area contributed by atoms with Gasteiger partial charge in [0.2, 0.25) is 5.88 Å². The maximum Gasteiger partial charge on any atom is 0.259 e. The number of pyridine rings is 2. The summed E-state index contributed by atoms with van der Waals surface area (Å²) in [5, 5.41) is -0.495. The van der Waals surface area contributed by atoms with Crippen LogP contribution >= 0.6 is 0 Å². The van der Waals surface area contributed by atoms with Crippen LogP contribution in [0, 0.1) is 0 Å². The zero-order chi connectivity index (χ0) is 21.0. The van der Waals surface area contributed by atoms with Crippen LogP contribution < -0.4 is 9.64 Å². The van der Waals surface area contributed by atoms with Crippen molar-refractivity contribution in [3.05, 3.63) is 72.7 Å². The number of amides is 1. The third-order valence-corrected chi connectivity index (χ3v) is 6.49. The van der Waals surface area contributed by atoms with Crippen LogP contribution in [0.4, 0.5) is 5.69 Å². The van der Waals surface area contributed by atoms with Gasteiger partial charge in [0.25, 0.3) is 5.91 Å². The van der Waals surface area contributed by atoms with Gasteiger partial charge in [-0.1, -0.05) is 0 Å². The molecule has 0 unspecified atom stereocenters. The lowest BCUT2D eigenvalue weighted by Crippen LogP contribution is -2.26. The molecule has 0 radical (unpaired) electrons. The van der Waals surface area contributed by atoms with E-state index in [2.05, 4.69) is 9.97 Å². The predicted octanol–water partition coefficient (Wildman–Crippen LogP) is 3.73. The Bertz CT molecular complexity index is 1080. The van der Waals surface area contributed by atoms with Gasteiger partial charge in [0.15, 0.2) is 9.84 Å². The second-order valence-electron chi connectivity index (χ2n) is 6.63. The van der Waals surface area contributed by atoms with Crippen molar-refractivity contribution in [2.45, 2.75) is 24.0 Å². The molecule has 0 bridgehead atoms. The first-order valence-electron chi connectivity index (χ1n) is 8.95. The van der Waals surface area contributed by atoms with Gasteiger partial charge in [-0.2, -0.15) is 0 Å². The van der Waals surface area contributed by atoms with Gasteiger partial charge >= 0.3 is 0 Å². The summed E-state index contributed by atoms with van der Waals surface area (Å²) in [4.78, 5) is 22.5. The van der Waals surface area contributed by atoms with E-state index in [-0.39, 0.29) is 10.8 Å². The molecule has 2 heterocycles. The Balaban J connectivity index is 1.70. The minimum absolute atomic E-state index is 0.222. The molecule has 0 saturated heterocycles. The molecule has 2 aromatic heterocycles. The molecule has 0 fully saturated rings. The van der Waals surface area contributed by atoms with Crippen molar-refractivity contribution in [1.29, 1.82) is 0 Å². The summed E-state index contributed by atoms with van der Waals surface area (Å²) in [6.45, 7) is 3.27. The standard InChI is InChI=1S/C21H21N3O4S/c1-15(2)29(26,27)19-9-7-18(8-10-19)28-20-11-6-16(13-23-20)21(25)24(3)17-5-4-12-22-14-17/h4-15H,1-3H3. The van der Waals surface area contributed by atoms with Gasteiger partial charge in [-0.05, 0) is 56.3 Å². The molecule has 0 aliphatic carbocycles. The summed E-state index contributed by atoms with van der Waals surface area (Å²) >= 11 is 0. The molecule has 7 nitrogen and oxygen atoms in total. The number of benzene rings is 1. The lowest BCUT2D eigenvalue weighted by Gasteiger charge is -2.16. The fourth-order valence-corrected chi connectivity index (χ4v) is 3.58. The second-order valence-corrected chi connectivity index (χ2v) is 9.13. The van der Waals surface area contributed by atoms with E-state index in [9.17, 15) is 13.2 Å². The molecule has 0 aliphatic rings. The van der Waals surface area contributed by atoms with Crippen molar-refractivity contribution in [3.8, 4) is 11.6 Å². The van der Waals surface area contributed by atoms with Crippen LogP contribution in [0.2, 0.25) is 0 Å². The molecule has 29 heavy (non-hydrogen) atoms. The van der Waals surface area contributed by atoms with Crippen molar-refractivity contribution in [3.63, 3.8) is 0 Å². The topological polar surface area (TPSA) is 89.5 Å². The first kappa shape index (κ1) is 20.5. The van der Waals surface area contributed by atoms with Gasteiger partial charge in [-0.3, -0.25) is 9.78 Å². The number of hydrogen-bond donors (Lipinski definition) is 0. The van der Waals surface area contributed by atoms with Crippen LogP contribution in [-0.4, -0.2) is 36.6 Å². The first-order valence-corrected chi connectivity index (χ1v) is 10.5. The zero-order valence-corrected chi connectivity index (χ0v) is 17.1. The molecule has 150 valence electrons. The number of ether oxygens (including phenoxy) is 1. The number of sulfone groups is 1. The lowest BCUT2D eigenvalue weighted by atomic mass is 10.2. The number of carbonyl (C=O) groups excluding carboxylic acids is 1. The van der Waals surface area contributed by atoms with E-state index < -0.39 is 15.1 Å². The average Bonchev–Trinajstić information content (AvgIpc) is 2.74. The average molecular weight is 411 g/mol. The van der Waals surface area contributed by atoms with Crippen molar-refractivity contribution < 1.29 is 17.9 Å². The fraction of sp³-hybridized carbons (Fsp3) is 0.190. The molecule has 0 N–H and O–H groups in total. The molecule has 0 atom stereocenters. The van der Waals surface area contributed by atoms with Crippen molar-refractivity contribution in [2.24, 2.45) is 0 Å². The van der Waals surface area contributed by atoms with Crippen LogP contribution in [0.15, 0.2) is 72.0 Å². The maximum absolute atomic E-state index is 12.6. The van der Waals surface area contributed by atoms with E-state index in [1.165, 1.54) is 23.2 Å². The minimum Gasteiger partial charge on any atom is -0.439 e. The summed E-state index contributed by atoms with van der Waals surface area (Å²) in [7, 11) is -1.67. The number of nitrogens with zero attached hydrogens (tertiary/aromatic N) is 3. The molecular weight excluding hydrogens is 390 g/mol. The Morgan fingerprint density at radius 2 is 1.76 bits per heavy atom. The van der Waals surface area contributed by atoms with Crippen LogP contribution in [0.5, 0.6) is 11.6 Å². The van der Waals surface area contributed by atoms with E-state index in [1.54, 1.807) is 69.7 Å². The summed E-state index contributed by atoms with van der Waals surface area (Å²) in [5.41, 5.74) is 1.08. The first-order chi connectivity index (χ1) is 13.8. The third kappa shape index (κ3) is 4.60. The highest BCUT2D eigenvalue weighted by Gasteiger charge is 2.19. The van der Waals surface area contributed by atoms with Crippen molar-refractivity contribution >= 4 is 21.4 Å². The van der Waals surface area contributed by atoms with E-state index in [0.717, 1.165) is 0 Å². The number of carbonyl (C=O) groups is 1. The molecule has 0 saturated carbocycles. The largest absolute Gasteiger partial charge is 0.439 e. The number of anilines is 1. The summed E-state index contributed by atoms with van der Waals surface area (Å²) in [6, 6.07) is 12.9. The monoisotopic (exact) mass is 411 g/mol. The smallest absolute Gasteiger partial charge is 0.259 e. The highest BCUT2D eigenvalue weighted by Crippen LogP contribution is 2.24. The van der Waals surface area contributed by atoms with Crippen LogP contribution in [0.25, 0.3) is 0 Å². The highest BCUT2D eigenvalue weighted by atomic mass is 32.2. The molecular formula is C21H21N3O4S. The quantitative estimate of drug-likeness (QED) is 0.614. The summed E-state index contributed by atoms with van der Waals surface area (Å²) < 4.78 is 30.0. The fourth-order valence-electron chi connectivity index (χ4n) is 2.52. The molecule has 8 heteroatoms. The number of aromatic nitrogens is 2. The number of rotatable bonds is 6. The molecule has 1 amide bonds. The maximum atomic E-state index is 12.6. The van der Waals surface area contributed by atoms with E-state index >= 15 is 0 Å². The summed E-state index contributed by atoms with van der Waals surface area (Å²) in [5.74, 6) is 0.525.